The summed E-state index contributed by atoms with van der Waals surface area (Å²) in [5.74, 6) is 1.73. The molecule has 6 nitrogen and oxygen atoms in total. The predicted molar refractivity (Wildman–Crippen MR) is 87.5 cm³/mol. The average molecular weight is 345 g/mol. The zero-order valence-corrected chi connectivity index (χ0v) is 13.5. The molecule has 3 aromatic rings. The van der Waals surface area contributed by atoms with Gasteiger partial charge in [-0.3, -0.25) is 4.79 Å². The second kappa shape index (κ2) is 7.14. The third kappa shape index (κ3) is 3.55. The van der Waals surface area contributed by atoms with Crippen LogP contribution in [0.3, 0.4) is 0 Å². The Balaban J connectivity index is 1.72. The Morgan fingerprint density at radius 2 is 2.00 bits per heavy atom. The van der Waals surface area contributed by atoms with Gasteiger partial charge in [0.25, 0.3) is 5.89 Å². The number of hydrogen-bond acceptors (Lipinski definition) is 6. The van der Waals surface area contributed by atoms with Crippen LogP contribution in [-0.4, -0.2) is 23.5 Å². The van der Waals surface area contributed by atoms with Crippen molar-refractivity contribution in [1.29, 1.82) is 0 Å². The van der Waals surface area contributed by atoms with Crippen LogP contribution < -0.4 is 9.47 Å². The molecule has 1 aromatic heterocycles. The molecule has 0 unspecified atom stereocenters. The quantitative estimate of drug-likeness (QED) is 0.633. The summed E-state index contributed by atoms with van der Waals surface area (Å²) in [4.78, 5) is 15.4. The van der Waals surface area contributed by atoms with Crippen molar-refractivity contribution in [3.05, 3.63) is 58.9 Å². The van der Waals surface area contributed by atoms with E-state index in [0.29, 0.717) is 40.1 Å². The Labute approximate surface area is 143 Å². The third-order valence-electron chi connectivity index (χ3n) is 3.27. The van der Waals surface area contributed by atoms with Gasteiger partial charge in [-0.2, -0.15) is 4.98 Å². The largest absolute Gasteiger partial charge is 0.497 e. The summed E-state index contributed by atoms with van der Waals surface area (Å²) in [6.45, 7) is 0.0494. The summed E-state index contributed by atoms with van der Waals surface area (Å²) in [5, 5.41) is 4.53. The van der Waals surface area contributed by atoms with Gasteiger partial charge in [-0.05, 0) is 42.5 Å². The Hall–Kier alpha value is -2.86. The fourth-order valence-corrected chi connectivity index (χ4v) is 2.17. The number of methoxy groups -OCH3 is 1. The van der Waals surface area contributed by atoms with Crippen molar-refractivity contribution in [2.24, 2.45) is 0 Å². The number of aldehydes is 1. The van der Waals surface area contributed by atoms with Crippen LogP contribution in [0.15, 0.2) is 47.0 Å². The van der Waals surface area contributed by atoms with Gasteiger partial charge < -0.3 is 14.0 Å². The smallest absolute Gasteiger partial charge is 0.264 e. The number of carbonyl (C=O) groups is 1. The number of nitrogens with zero attached hydrogens (tertiary/aromatic N) is 2. The van der Waals surface area contributed by atoms with Crippen molar-refractivity contribution in [3.63, 3.8) is 0 Å². The van der Waals surface area contributed by atoms with Gasteiger partial charge in [0.1, 0.15) is 11.5 Å². The number of ether oxygens (including phenoxy) is 2. The highest BCUT2D eigenvalue weighted by Crippen LogP contribution is 2.24. The maximum atomic E-state index is 11.1. The highest BCUT2D eigenvalue weighted by atomic mass is 35.5. The van der Waals surface area contributed by atoms with Gasteiger partial charge >= 0.3 is 0 Å². The molecule has 1 heterocycles. The van der Waals surface area contributed by atoms with Crippen LogP contribution in [0.4, 0.5) is 0 Å². The molecule has 0 spiro atoms. The number of hydrogen-bond donors (Lipinski definition) is 0. The van der Waals surface area contributed by atoms with Crippen LogP contribution in [0, 0.1) is 0 Å². The fourth-order valence-electron chi connectivity index (χ4n) is 2.05. The Kier molecular flexibility index (Phi) is 4.77. The van der Waals surface area contributed by atoms with Gasteiger partial charge in [-0.1, -0.05) is 16.8 Å². The summed E-state index contributed by atoms with van der Waals surface area (Å²) in [7, 11) is 1.53. The molecular weight excluding hydrogens is 332 g/mol. The van der Waals surface area contributed by atoms with E-state index in [1.54, 1.807) is 42.5 Å². The van der Waals surface area contributed by atoms with Crippen molar-refractivity contribution in [2.45, 2.75) is 6.61 Å². The minimum absolute atomic E-state index is 0.0494. The molecule has 2 aromatic carbocycles. The maximum absolute atomic E-state index is 11.1. The zero-order valence-electron chi connectivity index (χ0n) is 12.7. The molecule has 24 heavy (non-hydrogen) atoms. The molecule has 0 bridgehead atoms. The zero-order chi connectivity index (χ0) is 16.9. The molecule has 0 amide bonds. The third-order valence-corrected chi connectivity index (χ3v) is 3.52. The average Bonchev–Trinajstić information content (AvgIpc) is 3.09. The molecule has 0 atom stereocenters. The first-order valence-corrected chi connectivity index (χ1v) is 7.42. The Bertz CT molecular complexity index is 846. The van der Waals surface area contributed by atoms with Crippen LogP contribution in [0.25, 0.3) is 11.4 Å². The van der Waals surface area contributed by atoms with Gasteiger partial charge in [-0.25, -0.2) is 0 Å². The Morgan fingerprint density at radius 3 is 2.71 bits per heavy atom. The monoisotopic (exact) mass is 344 g/mol. The molecule has 0 fully saturated rings. The second-order valence-electron chi connectivity index (χ2n) is 4.83. The summed E-state index contributed by atoms with van der Waals surface area (Å²) < 4.78 is 15.8. The van der Waals surface area contributed by atoms with Crippen LogP contribution in [-0.2, 0) is 6.61 Å². The molecule has 0 N–H and O–H groups in total. The molecule has 7 heteroatoms. The predicted octanol–water partition coefficient (Wildman–Crippen LogP) is 3.79. The minimum Gasteiger partial charge on any atom is -0.497 e. The lowest BCUT2D eigenvalue weighted by Gasteiger charge is -2.07. The lowest BCUT2D eigenvalue weighted by atomic mass is 10.2. The van der Waals surface area contributed by atoms with E-state index in [0.717, 1.165) is 5.56 Å². The van der Waals surface area contributed by atoms with Crippen LogP contribution in [0.1, 0.15) is 16.2 Å². The molecule has 0 aliphatic heterocycles. The van der Waals surface area contributed by atoms with Crippen LogP contribution in [0.5, 0.6) is 11.5 Å². The topological polar surface area (TPSA) is 74.5 Å². The van der Waals surface area contributed by atoms with E-state index < -0.39 is 0 Å². The van der Waals surface area contributed by atoms with Crippen molar-refractivity contribution >= 4 is 17.9 Å². The first kappa shape index (κ1) is 16.0. The molecular formula is C17H13ClN2O4. The van der Waals surface area contributed by atoms with E-state index in [1.807, 2.05) is 0 Å². The summed E-state index contributed by atoms with van der Waals surface area (Å²) in [6, 6.07) is 12.0. The van der Waals surface area contributed by atoms with Crippen molar-refractivity contribution in [1.82, 2.24) is 10.1 Å². The maximum Gasteiger partial charge on any atom is 0.264 e. The van der Waals surface area contributed by atoms with E-state index >= 15 is 0 Å². The second-order valence-corrected chi connectivity index (χ2v) is 5.27. The number of carbonyl (C=O) groups excluding carboxylic acids is 1. The molecule has 0 saturated heterocycles. The van der Waals surface area contributed by atoms with Crippen molar-refractivity contribution in [3.8, 4) is 22.9 Å². The number of halogens is 1. The summed E-state index contributed by atoms with van der Waals surface area (Å²) >= 11 is 5.85. The van der Waals surface area contributed by atoms with Gasteiger partial charge in [0.2, 0.25) is 5.82 Å². The van der Waals surface area contributed by atoms with E-state index in [9.17, 15) is 4.79 Å². The first-order valence-electron chi connectivity index (χ1n) is 7.04. The minimum atomic E-state index is 0.0494. The van der Waals surface area contributed by atoms with Crippen molar-refractivity contribution < 1.29 is 18.8 Å². The number of aromatic nitrogens is 2. The SMILES string of the molecule is COc1ccc(OCc2nc(-c3ccc(Cl)cc3)no2)c(C=O)c1. The van der Waals surface area contributed by atoms with E-state index in [4.69, 9.17) is 25.6 Å². The van der Waals surface area contributed by atoms with E-state index in [2.05, 4.69) is 10.1 Å². The van der Waals surface area contributed by atoms with Gasteiger partial charge in [-0.15, -0.1) is 0 Å². The highest BCUT2D eigenvalue weighted by Gasteiger charge is 2.11. The lowest BCUT2D eigenvalue weighted by Crippen LogP contribution is -1.99. The molecule has 0 aliphatic rings. The first-order chi connectivity index (χ1) is 11.7. The van der Waals surface area contributed by atoms with Gasteiger partial charge in [0.15, 0.2) is 12.9 Å². The molecule has 122 valence electrons. The molecule has 0 radical (unpaired) electrons. The lowest BCUT2D eigenvalue weighted by molar-refractivity contribution is 0.111. The Morgan fingerprint density at radius 1 is 1.21 bits per heavy atom. The highest BCUT2D eigenvalue weighted by molar-refractivity contribution is 6.30. The summed E-state index contributed by atoms with van der Waals surface area (Å²) in [5.41, 5.74) is 1.17. The van der Waals surface area contributed by atoms with Crippen LogP contribution >= 0.6 is 11.6 Å². The summed E-state index contributed by atoms with van der Waals surface area (Å²) in [6.07, 6.45) is 0.699. The normalized spacial score (nSPS) is 10.4. The van der Waals surface area contributed by atoms with E-state index in [-0.39, 0.29) is 6.61 Å². The molecule has 3 rings (SSSR count). The number of benzene rings is 2. The molecule has 0 saturated carbocycles. The van der Waals surface area contributed by atoms with E-state index in [1.165, 1.54) is 7.11 Å². The fraction of sp³-hybridized carbons (Fsp3) is 0.118. The van der Waals surface area contributed by atoms with Gasteiger partial charge in [0, 0.05) is 10.6 Å². The van der Waals surface area contributed by atoms with Crippen LogP contribution in [0.2, 0.25) is 5.02 Å². The number of rotatable bonds is 6. The van der Waals surface area contributed by atoms with Gasteiger partial charge in [0.05, 0.1) is 12.7 Å². The van der Waals surface area contributed by atoms with Crippen molar-refractivity contribution in [2.75, 3.05) is 7.11 Å². The standard InChI is InChI=1S/C17H13ClN2O4/c1-22-14-6-7-15(12(8-14)9-21)23-10-16-19-17(20-24-16)11-2-4-13(18)5-3-11/h2-9H,10H2,1H3. The molecule has 0 aliphatic carbocycles.